The van der Waals surface area contributed by atoms with E-state index in [1.54, 1.807) is 0 Å². The molecule has 0 fully saturated rings. The number of rotatable bonds is 20. The molecular formula is C37H83N. The standard InChI is InChI=1S/2C18H38.CH4.H3N/c2*1-8-15(4)11-17(6)13-18(7)12-16(5)10-9-14(2)3;;/h2*14-18H,8-13H2,1-7H3;1H4;1H3/i2*9T;;. The van der Waals surface area contributed by atoms with Gasteiger partial charge < -0.3 is 6.15 Å². The van der Waals surface area contributed by atoms with E-state index in [9.17, 15) is 0 Å². The van der Waals surface area contributed by atoms with Crippen molar-refractivity contribution in [2.75, 3.05) is 0 Å². The summed E-state index contributed by atoms with van der Waals surface area (Å²) in [5.41, 5.74) is 0. The van der Waals surface area contributed by atoms with Crippen LogP contribution in [0, 0.1) is 59.2 Å². The molecule has 0 aliphatic carbocycles. The van der Waals surface area contributed by atoms with Gasteiger partial charge in [0.2, 0.25) is 0 Å². The van der Waals surface area contributed by atoms with Gasteiger partial charge >= 0.3 is 0 Å². The van der Waals surface area contributed by atoms with Crippen molar-refractivity contribution >= 4 is 0 Å². The van der Waals surface area contributed by atoms with Gasteiger partial charge in [0, 0.05) is 2.74 Å². The van der Waals surface area contributed by atoms with E-state index in [1.807, 2.05) is 0 Å². The topological polar surface area (TPSA) is 35.0 Å². The van der Waals surface area contributed by atoms with Crippen molar-refractivity contribution < 1.29 is 2.74 Å². The second kappa shape index (κ2) is 27.1. The molecule has 0 spiro atoms. The van der Waals surface area contributed by atoms with Crippen molar-refractivity contribution in [3.05, 3.63) is 0 Å². The number of hydrogen-bond donors (Lipinski definition) is 1. The van der Waals surface area contributed by atoms with Gasteiger partial charge in [-0.1, -0.05) is 143 Å². The third kappa shape index (κ3) is 30.5. The smallest absolute Gasteiger partial charge is 0.0269 e. The zero-order chi connectivity index (χ0) is 30.0. The van der Waals surface area contributed by atoms with Crippen LogP contribution in [0.4, 0.5) is 0 Å². The molecule has 236 valence electrons. The molecule has 0 rings (SSSR count). The van der Waals surface area contributed by atoms with E-state index < -0.39 is 0 Å². The molecular weight excluding hydrogens is 458 g/mol. The highest BCUT2D eigenvalue weighted by molar-refractivity contribution is 4.67. The predicted molar refractivity (Wildman–Crippen MR) is 181 cm³/mol. The fourth-order valence-electron chi connectivity index (χ4n) is 6.04. The van der Waals surface area contributed by atoms with Crippen molar-refractivity contribution in [2.45, 2.75) is 181 Å². The van der Waals surface area contributed by atoms with Crippen LogP contribution in [0.1, 0.15) is 184 Å². The average molecular weight is 546 g/mol. The predicted octanol–water partition coefficient (Wildman–Crippen LogP) is 13.9. The Kier molecular flexibility index (Phi) is 28.6. The van der Waals surface area contributed by atoms with Crippen molar-refractivity contribution in [2.24, 2.45) is 59.2 Å². The van der Waals surface area contributed by atoms with Crippen LogP contribution >= 0.6 is 0 Å². The lowest BCUT2D eigenvalue weighted by Gasteiger charge is -2.22. The maximum absolute atomic E-state index is 8.06. The van der Waals surface area contributed by atoms with Gasteiger partial charge in [0.05, 0.1) is 0 Å². The summed E-state index contributed by atoms with van der Waals surface area (Å²) in [5.74, 6) is 7.50. The lowest BCUT2D eigenvalue weighted by molar-refractivity contribution is 0.293. The minimum atomic E-state index is 0. The minimum absolute atomic E-state index is 0. The minimum Gasteiger partial charge on any atom is -0.344 e. The molecule has 0 radical (unpaired) electrons. The highest BCUT2D eigenvalue weighted by Crippen LogP contribution is 2.28. The van der Waals surface area contributed by atoms with Crippen LogP contribution in [0.5, 0.6) is 0 Å². The lowest BCUT2D eigenvalue weighted by atomic mass is 9.83. The maximum atomic E-state index is 8.06. The Balaban J connectivity index is -0.000000309. The Morgan fingerprint density at radius 1 is 0.395 bits per heavy atom. The monoisotopic (exact) mass is 546 g/mol. The molecule has 0 heterocycles. The summed E-state index contributed by atoms with van der Waals surface area (Å²) in [6, 6.07) is 0. The molecule has 0 aliphatic rings. The van der Waals surface area contributed by atoms with Crippen molar-refractivity contribution in [1.82, 2.24) is 6.15 Å². The van der Waals surface area contributed by atoms with Gasteiger partial charge in [-0.05, 0) is 97.7 Å². The Morgan fingerprint density at radius 2 is 0.605 bits per heavy atom. The third-order valence-electron chi connectivity index (χ3n) is 8.24. The SMILES string of the molecule is C.N.[3H]C(CC(C)CC(C)CC(C)CC(C)CC)C(C)C.[3H]C(CC(C)CC(C)CC(C)CC(C)CC)C(C)C. The zero-order valence-electron chi connectivity index (χ0n) is 30.7. The molecule has 0 saturated carbocycles. The molecule has 0 aromatic heterocycles. The van der Waals surface area contributed by atoms with Gasteiger partial charge in [-0.25, -0.2) is 0 Å². The summed E-state index contributed by atoms with van der Waals surface area (Å²) in [6.45, 7) is 32.3. The van der Waals surface area contributed by atoms with Crippen LogP contribution in [0.25, 0.3) is 0 Å². The van der Waals surface area contributed by atoms with E-state index >= 15 is 0 Å². The molecule has 0 bridgehead atoms. The fraction of sp³-hybridized carbons (Fsp3) is 1.00. The summed E-state index contributed by atoms with van der Waals surface area (Å²) in [5, 5.41) is 0. The second-order valence-electron chi connectivity index (χ2n) is 14.5. The molecule has 38 heavy (non-hydrogen) atoms. The lowest BCUT2D eigenvalue weighted by Crippen LogP contribution is -2.10. The molecule has 3 N–H and O–H groups in total. The molecule has 1 nitrogen and oxygen atoms in total. The third-order valence-corrected chi connectivity index (χ3v) is 8.24. The van der Waals surface area contributed by atoms with Crippen LogP contribution in [0.3, 0.4) is 0 Å². The molecule has 1 heteroatoms. The zero-order valence-corrected chi connectivity index (χ0v) is 28.7. The first kappa shape index (κ1) is 40.1. The van der Waals surface area contributed by atoms with Gasteiger partial charge in [0.25, 0.3) is 0 Å². The first-order chi connectivity index (χ1) is 17.5. The van der Waals surface area contributed by atoms with E-state index in [1.165, 1.54) is 51.4 Å². The highest BCUT2D eigenvalue weighted by atomic mass is 14.2. The Bertz CT molecular complexity index is 476. The van der Waals surface area contributed by atoms with Gasteiger partial charge in [0.15, 0.2) is 0 Å². The summed E-state index contributed by atoms with van der Waals surface area (Å²) < 4.78 is 16.1. The van der Waals surface area contributed by atoms with Crippen LogP contribution < -0.4 is 6.15 Å². The molecule has 0 saturated heterocycles. The van der Waals surface area contributed by atoms with E-state index in [-0.39, 0.29) is 26.4 Å². The van der Waals surface area contributed by atoms with Crippen LogP contribution in [-0.2, 0) is 0 Å². The van der Waals surface area contributed by atoms with E-state index in [4.69, 9.17) is 2.74 Å². The van der Waals surface area contributed by atoms with Gasteiger partial charge in [-0.15, -0.1) is 0 Å². The van der Waals surface area contributed by atoms with E-state index in [2.05, 4.69) is 96.9 Å². The van der Waals surface area contributed by atoms with E-state index in [0.717, 1.165) is 48.3 Å². The highest BCUT2D eigenvalue weighted by Gasteiger charge is 2.16. The molecule has 0 aromatic rings. The first-order valence-corrected chi connectivity index (χ1v) is 16.4. The molecule has 0 amide bonds. The summed E-state index contributed by atoms with van der Waals surface area (Å²) in [7, 11) is 0. The second-order valence-corrected chi connectivity index (χ2v) is 14.5. The Morgan fingerprint density at radius 3 is 0.816 bits per heavy atom. The molecule has 10 unspecified atom stereocenters. The normalized spacial score (nSPS) is 20.1. The summed E-state index contributed by atoms with van der Waals surface area (Å²) >= 11 is 0. The first-order valence-electron chi connectivity index (χ1n) is 17.5. The van der Waals surface area contributed by atoms with Gasteiger partial charge in [-0.2, -0.15) is 0 Å². The summed E-state index contributed by atoms with van der Waals surface area (Å²) in [4.78, 5) is 0. The largest absolute Gasteiger partial charge is 0.344 e. The van der Waals surface area contributed by atoms with Gasteiger partial charge in [0.1, 0.15) is 0 Å². The van der Waals surface area contributed by atoms with Gasteiger partial charge in [-0.3, -0.25) is 0 Å². The van der Waals surface area contributed by atoms with Crippen LogP contribution in [-0.4, -0.2) is 0 Å². The van der Waals surface area contributed by atoms with Crippen molar-refractivity contribution in [1.29, 1.82) is 0 Å². The fourth-order valence-corrected chi connectivity index (χ4v) is 6.04. The van der Waals surface area contributed by atoms with Crippen LogP contribution in [0.15, 0.2) is 0 Å². The molecule has 0 aromatic carbocycles. The van der Waals surface area contributed by atoms with Crippen molar-refractivity contribution in [3.63, 3.8) is 0 Å². The van der Waals surface area contributed by atoms with Crippen molar-refractivity contribution in [3.8, 4) is 0 Å². The quantitative estimate of drug-likeness (QED) is 0.162. The Labute approximate surface area is 249 Å². The number of hydrogen-bond acceptors (Lipinski definition) is 1. The Hall–Kier alpha value is -0.0400. The molecule has 10 atom stereocenters. The molecule has 0 aliphatic heterocycles. The van der Waals surface area contributed by atoms with E-state index in [0.29, 0.717) is 23.7 Å². The average Bonchev–Trinajstić information content (AvgIpc) is 2.78. The maximum Gasteiger partial charge on any atom is 0.0269 e. The van der Waals surface area contributed by atoms with Crippen LogP contribution in [0.2, 0.25) is 0 Å². The summed E-state index contributed by atoms with van der Waals surface area (Å²) in [6.07, 6.45) is 13.1.